The molecule has 0 aliphatic carbocycles. The fourth-order valence-corrected chi connectivity index (χ4v) is 3.08. The first kappa shape index (κ1) is 21.5. The summed E-state index contributed by atoms with van der Waals surface area (Å²) in [6.07, 6.45) is -2.66. The lowest BCUT2D eigenvalue weighted by molar-refractivity contribution is -0.138. The summed E-state index contributed by atoms with van der Waals surface area (Å²) in [5.74, 6) is -2.29. The zero-order valence-electron chi connectivity index (χ0n) is 15.2. The number of carbonyl (C=O) groups is 2. The molecule has 2 aromatic carbocycles. The second-order valence-corrected chi connectivity index (χ2v) is 6.41. The van der Waals surface area contributed by atoms with Crippen molar-refractivity contribution in [3.05, 3.63) is 71.8 Å². The molecule has 0 aromatic heterocycles. The van der Waals surface area contributed by atoms with Crippen LogP contribution < -0.4 is 10.6 Å². The molecule has 0 radical (unpaired) electrons. The third-order valence-electron chi connectivity index (χ3n) is 4.47. The van der Waals surface area contributed by atoms with Gasteiger partial charge in [0, 0.05) is 6.54 Å². The summed E-state index contributed by atoms with van der Waals surface area (Å²) in [6, 6.07) is 17.0. The van der Waals surface area contributed by atoms with E-state index in [2.05, 4.69) is 10.6 Å². The molecule has 2 rings (SSSR count). The molecule has 0 saturated carbocycles. The van der Waals surface area contributed by atoms with E-state index in [1.807, 2.05) is 0 Å². The third-order valence-corrected chi connectivity index (χ3v) is 4.47. The minimum atomic E-state index is -1.60. The predicted molar refractivity (Wildman–Crippen MR) is 102 cm³/mol. The third kappa shape index (κ3) is 5.37. The van der Waals surface area contributed by atoms with E-state index in [0.717, 1.165) is 0 Å². The average Bonchev–Trinajstić information content (AvgIpc) is 2.70. The molecule has 0 aliphatic rings. The van der Waals surface area contributed by atoms with Crippen LogP contribution in [-0.4, -0.2) is 57.5 Å². The predicted octanol–water partition coefficient (Wildman–Crippen LogP) is 0.541. The topological polar surface area (TPSA) is 139 Å². The standard InChI is InChI=1S/C20H24N2O6/c23-16(24)11-21-13-20(22-12-17(25)26,18(27)14-7-3-1-4-8-14)19(28)15-9-5-2-6-10-15/h1-10,18-19,21-22,27-28H,11-13H2,(H,23,24)(H,25,26). The molecule has 6 N–H and O–H groups in total. The van der Waals surface area contributed by atoms with Crippen molar-refractivity contribution < 1.29 is 30.0 Å². The van der Waals surface area contributed by atoms with Gasteiger partial charge < -0.3 is 25.7 Å². The number of hydrogen-bond donors (Lipinski definition) is 6. The molecule has 2 aromatic rings. The Kier molecular flexibility index (Phi) is 7.65. The fourth-order valence-electron chi connectivity index (χ4n) is 3.08. The zero-order valence-corrected chi connectivity index (χ0v) is 15.2. The summed E-state index contributed by atoms with van der Waals surface area (Å²) in [7, 11) is 0. The van der Waals surface area contributed by atoms with Crippen LogP contribution in [0.5, 0.6) is 0 Å². The van der Waals surface area contributed by atoms with Gasteiger partial charge in [-0.2, -0.15) is 0 Å². The van der Waals surface area contributed by atoms with Crippen molar-refractivity contribution in [1.82, 2.24) is 10.6 Å². The van der Waals surface area contributed by atoms with Gasteiger partial charge in [-0.15, -0.1) is 0 Å². The van der Waals surface area contributed by atoms with Crippen LogP contribution >= 0.6 is 0 Å². The maximum atomic E-state index is 11.2. The Balaban J connectivity index is 2.48. The quantitative estimate of drug-likeness (QED) is 0.328. The number of nitrogens with one attached hydrogen (secondary N) is 2. The van der Waals surface area contributed by atoms with Gasteiger partial charge in [0.2, 0.25) is 0 Å². The van der Waals surface area contributed by atoms with Crippen molar-refractivity contribution in [1.29, 1.82) is 0 Å². The highest BCUT2D eigenvalue weighted by molar-refractivity contribution is 5.69. The summed E-state index contributed by atoms with van der Waals surface area (Å²) in [5.41, 5.74) is -0.698. The van der Waals surface area contributed by atoms with Crippen molar-refractivity contribution in [2.75, 3.05) is 19.6 Å². The number of carboxylic acids is 2. The van der Waals surface area contributed by atoms with Gasteiger partial charge >= 0.3 is 11.9 Å². The highest BCUT2D eigenvalue weighted by Gasteiger charge is 2.46. The Morgan fingerprint density at radius 3 is 1.61 bits per heavy atom. The highest BCUT2D eigenvalue weighted by Crippen LogP contribution is 2.36. The van der Waals surface area contributed by atoms with Crippen LogP contribution in [0.15, 0.2) is 60.7 Å². The summed E-state index contributed by atoms with van der Waals surface area (Å²) in [5, 5.41) is 45.8. The van der Waals surface area contributed by atoms with Crippen molar-refractivity contribution in [3.8, 4) is 0 Å². The number of carboxylic acid groups (broad SMARTS) is 2. The molecule has 0 fully saturated rings. The molecule has 150 valence electrons. The van der Waals surface area contributed by atoms with Gasteiger partial charge in [0.1, 0.15) is 12.2 Å². The van der Waals surface area contributed by atoms with Crippen LogP contribution in [-0.2, 0) is 9.59 Å². The number of benzene rings is 2. The maximum absolute atomic E-state index is 11.2. The van der Waals surface area contributed by atoms with Gasteiger partial charge in [-0.3, -0.25) is 14.9 Å². The normalized spacial score (nSPS) is 15.4. The molecule has 28 heavy (non-hydrogen) atoms. The summed E-state index contributed by atoms with van der Waals surface area (Å²) >= 11 is 0. The lowest BCUT2D eigenvalue weighted by Gasteiger charge is -2.43. The fraction of sp³-hybridized carbons (Fsp3) is 0.300. The molecule has 0 heterocycles. The van der Waals surface area contributed by atoms with E-state index in [1.165, 1.54) is 0 Å². The molecular weight excluding hydrogens is 364 g/mol. The molecule has 8 heteroatoms. The van der Waals surface area contributed by atoms with E-state index in [4.69, 9.17) is 10.2 Å². The number of aliphatic hydroxyl groups excluding tert-OH is 2. The second kappa shape index (κ2) is 9.95. The minimum absolute atomic E-state index is 0.196. The molecule has 0 spiro atoms. The van der Waals surface area contributed by atoms with Crippen LogP contribution in [0.2, 0.25) is 0 Å². The second-order valence-electron chi connectivity index (χ2n) is 6.41. The van der Waals surface area contributed by atoms with Gasteiger partial charge in [-0.25, -0.2) is 0 Å². The Morgan fingerprint density at radius 1 is 0.786 bits per heavy atom. The summed E-state index contributed by atoms with van der Waals surface area (Å²) in [6.45, 7) is -1.15. The first-order chi connectivity index (χ1) is 13.4. The first-order valence-corrected chi connectivity index (χ1v) is 8.72. The zero-order chi connectivity index (χ0) is 20.6. The Labute approximate surface area is 162 Å². The molecule has 8 nitrogen and oxygen atoms in total. The van der Waals surface area contributed by atoms with Gasteiger partial charge in [0.05, 0.1) is 18.6 Å². The average molecular weight is 388 g/mol. The molecule has 0 aliphatic heterocycles. The molecular formula is C20H24N2O6. The van der Waals surface area contributed by atoms with Gasteiger partial charge in [0.25, 0.3) is 0 Å². The van der Waals surface area contributed by atoms with Gasteiger partial charge in [-0.05, 0) is 11.1 Å². The Morgan fingerprint density at radius 2 is 1.21 bits per heavy atom. The minimum Gasteiger partial charge on any atom is -0.480 e. The van der Waals surface area contributed by atoms with Crippen LogP contribution in [0.4, 0.5) is 0 Å². The number of aliphatic carboxylic acids is 2. The van der Waals surface area contributed by atoms with Crippen molar-refractivity contribution in [2.24, 2.45) is 0 Å². The smallest absolute Gasteiger partial charge is 0.317 e. The molecule has 0 bridgehead atoms. The van der Waals surface area contributed by atoms with E-state index in [9.17, 15) is 19.8 Å². The lowest BCUT2D eigenvalue weighted by Crippen LogP contribution is -2.61. The van der Waals surface area contributed by atoms with Crippen LogP contribution in [0.1, 0.15) is 23.3 Å². The maximum Gasteiger partial charge on any atom is 0.317 e. The van der Waals surface area contributed by atoms with Crippen molar-refractivity contribution >= 4 is 11.9 Å². The largest absolute Gasteiger partial charge is 0.480 e. The number of rotatable bonds is 11. The number of hydrogen-bond acceptors (Lipinski definition) is 6. The summed E-state index contributed by atoms with van der Waals surface area (Å²) in [4.78, 5) is 22.1. The van der Waals surface area contributed by atoms with Crippen molar-refractivity contribution in [3.63, 3.8) is 0 Å². The molecule has 2 atom stereocenters. The Bertz CT molecular complexity index is 723. The summed E-state index contributed by atoms with van der Waals surface area (Å²) < 4.78 is 0. The van der Waals surface area contributed by atoms with E-state index < -0.39 is 42.8 Å². The molecule has 0 saturated heterocycles. The first-order valence-electron chi connectivity index (χ1n) is 8.72. The monoisotopic (exact) mass is 388 g/mol. The Hall–Kier alpha value is -2.78. The lowest BCUT2D eigenvalue weighted by atomic mass is 9.79. The number of aliphatic hydroxyl groups is 2. The van der Waals surface area contributed by atoms with Crippen molar-refractivity contribution in [2.45, 2.75) is 17.7 Å². The van der Waals surface area contributed by atoms with E-state index >= 15 is 0 Å². The molecule has 2 unspecified atom stereocenters. The van der Waals surface area contributed by atoms with Gasteiger partial charge in [0.15, 0.2) is 0 Å². The van der Waals surface area contributed by atoms with E-state index in [-0.39, 0.29) is 6.54 Å². The van der Waals surface area contributed by atoms with Crippen LogP contribution in [0.25, 0.3) is 0 Å². The van der Waals surface area contributed by atoms with E-state index in [1.54, 1.807) is 60.7 Å². The molecule has 0 amide bonds. The van der Waals surface area contributed by atoms with Crippen LogP contribution in [0, 0.1) is 0 Å². The van der Waals surface area contributed by atoms with Gasteiger partial charge in [-0.1, -0.05) is 60.7 Å². The SMILES string of the molecule is O=C(O)CNCC(NCC(=O)O)(C(O)c1ccccc1)C(O)c1ccccc1. The highest BCUT2D eigenvalue weighted by atomic mass is 16.4. The van der Waals surface area contributed by atoms with Crippen LogP contribution in [0.3, 0.4) is 0 Å². The van der Waals surface area contributed by atoms with E-state index in [0.29, 0.717) is 11.1 Å².